The van der Waals surface area contributed by atoms with Crippen LogP contribution in [0.15, 0.2) is 46.9 Å². The Hall–Kier alpha value is -1.03. The van der Waals surface area contributed by atoms with Gasteiger partial charge in [-0.1, -0.05) is 41.9 Å². The summed E-state index contributed by atoms with van der Waals surface area (Å²) in [6, 6.07) is 12.8. The molecule has 0 heterocycles. The number of ether oxygens (including phenoxy) is 1. The molecular weight excluding hydrogens is 316 g/mol. The van der Waals surface area contributed by atoms with Gasteiger partial charge in [-0.25, -0.2) is 0 Å². The minimum atomic E-state index is -0.767. The smallest absolute Gasteiger partial charge is 0.139 e. The van der Waals surface area contributed by atoms with Crippen molar-refractivity contribution in [2.24, 2.45) is 0 Å². The summed E-state index contributed by atoms with van der Waals surface area (Å²) < 4.78 is 6.03. The van der Waals surface area contributed by atoms with E-state index in [2.05, 4.69) is 15.9 Å². The molecule has 0 fully saturated rings. The molecule has 2 rings (SSSR count). The Balaban J connectivity index is 2.50. The van der Waals surface area contributed by atoms with Crippen molar-refractivity contribution in [1.82, 2.24) is 0 Å². The molecule has 0 spiro atoms. The first kappa shape index (κ1) is 13.4. The Labute approximate surface area is 119 Å². The van der Waals surface area contributed by atoms with Gasteiger partial charge >= 0.3 is 0 Å². The molecule has 0 aromatic heterocycles. The van der Waals surface area contributed by atoms with Crippen molar-refractivity contribution in [1.29, 1.82) is 0 Å². The van der Waals surface area contributed by atoms with E-state index in [0.717, 1.165) is 10.0 Å². The van der Waals surface area contributed by atoms with Gasteiger partial charge in [0.15, 0.2) is 0 Å². The third-order valence-electron chi connectivity index (χ3n) is 2.65. The molecule has 0 aliphatic carbocycles. The lowest BCUT2D eigenvalue weighted by Gasteiger charge is -2.16. The maximum Gasteiger partial charge on any atom is 0.139 e. The van der Waals surface area contributed by atoms with Crippen LogP contribution in [0.3, 0.4) is 0 Å². The summed E-state index contributed by atoms with van der Waals surface area (Å²) in [5.74, 6) is 0.593. The van der Waals surface area contributed by atoms with Crippen LogP contribution in [0.25, 0.3) is 0 Å². The fourth-order valence-electron chi connectivity index (χ4n) is 1.81. The number of hydrogen-bond acceptors (Lipinski definition) is 2. The molecule has 1 atom stereocenters. The number of halogens is 2. The zero-order valence-electron chi connectivity index (χ0n) is 9.73. The van der Waals surface area contributed by atoms with E-state index >= 15 is 0 Å². The van der Waals surface area contributed by atoms with Crippen molar-refractivity contribution in [2.45, 2.75) is 6.10 Å². The lowest BCUT2D eigenvalue weighted by Crippen LogP contribution is -2.03. The summed E-state index contributed by atoms with van der Waals surface area (Å²) in [5.41, 5.74) is 1.44. The lowest BCUT2D eigenvalue weighted by atomic mass is 10.0. The fourth-order valence-corrected chi connectivity index (χ4v) is 2.81. The van der Waals surface area contributed by atoms with Crippen LogP contribution in [-0.2, 0) is 0 Å². The quantitative estimate of drug-likeness (QED) is 0.916. The summed E-state index contributed by atoms with van der Waals surface area (Å²) in [4.78, 5) is 0. The summed E-state index contributed by atoms with van der Waals surface area (Å²) in [6.07, 6.45) is -0.767. The second kappa shape index (κ2) is 5.74. The van der Waals surface area contributed by atoms with E-state index in [0.29, 0.717) is 16.3 Å². The third-order valence-corrected chi connectivity index (χ3v) is 3.46. The molecule has 1 unspecified atom stereocenters. The van der Waals surface area contributed by atoms with Gasteiger partial charge in [-0.15, -0.1) is 0 Å². The van der Waals surface area contributed by atoms with Crippen LogP contribution in [0, 0.1) is 0 Å². The second-order valence-electron chi connectivity index (χ2n) is 3.82. The zero-order valence-corrected chi connectivity index (χ0v) is 12.1. The molecule has 0 saturated heterocycles. The van der Waals surface area contributed by atoms with Crippen LogP contribution in [0.4, 0.5) is 0 Å². The van der Waals surface area contributed by atoms with Gasteiger partial charge in [0.1, 0.15) is 11.9 Å². The van der Waals surface area contributed by atoms with Crippen molar-refractivity contribution < 1.29 is 9.84 Å². The van der Waals surface area contributed by atoms with Crippen molar-refractivity contribution in [3.63, 3.8) is 0 Å². The highest BCUT2D eigenvalue weighted by molar-refractivity contribution is 9.10. The maximum absolute atomic E-state index is 10.4. The molecule has 0 radical (unpaired) electrons. The van der Waals surface area contributed by atoms with Crippen LogP contribution in [-0.4, -0.2) is 12.2 Å². The molecule has 0 aliphatic rings. The van der Waals surface area contributed by atoms with Gasteiger partial charge in [0.25, 0.3) is 0 Å². The molecule has 0 bridgehead atoms. The Morgan fingerprint density at radius 1 is 1.22 bits per heavy atom. The van der Waals surface area contributed by atoms with Gasteiger partial charge in [-0.3, -0.25) is 0 Å². The minimum Gasteiger partial charge on any atom is -0.495 e. The first-order chi connectivity index (χ1) is 8.63. The largest absolute Gasteiger partial charge is 0.495 e. The van der Waals surface area contributed by atoms with Crippen LogP contribution in [0.1, 0.15) is 17.2 Å². The van der Waals surface area contributed by atoms with Gasteiger partial charge in [0.2, 0.25) is 0 Å². The Kier molecular flexibility index (Phi) is 4.27. The molecular formula is C14H12BrClO2. The van der Waals surface area contributed by atoms with Gasteiger partial charge in [-0.05, 0) is 33.6 Å². The number of benzene rings is 2. The first-order valence-electron chi connectivity index (χ1n) is 5.39. The maximum atomic E-state index is 10.4. The number of rotatable bonds is 3. The zero-order chi connectivity index (χ0) is 13.1. The molecule has 2 aromatic carbocycles. The van der Waals surface area contributed by atoms with E-state index in [-0.39, 0.29) is 0 Å². The molecule has 1 N–H and O–H groups in total. The number of methoxy groups -OCH3 is 1. The Morgan fingerprint density at radius 3 is 2.50 bits per heavy atom. The lowest BCUT2D eigenvalue weighted by molar-refractivity contribution is 0.214. The van der Waals surface area contributed by atoms with E-state index < -0.39 is 6.10 Å². The fraction of sp³-hybridized carbons (Fsp3) is 0.143. The monoisotopic (exact) mass is 326 g/mol. The van der Waals surface area contributed by atoms with Gasteiger partial charge in [-0.2, -0.15) is 0 Å². The Bertz CT molecular complexity index is 543. The molecule has 94 valence electrons. The van der Waals surface area contributed by atoms with Crippen molar-refractivity contribution in [3.8, 4) is 5.75 Å². The van der Waals surface area contributed by atoms with E-state index in [9.17, 15) is 5.11 Å². The van der Waals surface area contributed by atoms with Crippen molar-refractivity contribution in [3.05, 3.63) is 63.1 Å². The van der Waals surface area contributed by atoms with Crippen LogP contribution < -0.4 is 4.74 Å². The average Bonchev–Trinajstić information content (AvgIpc) is 2.38. The number of hydrogen-bond donors (Lipinski definition) is 1. The highest BCUT2D eigenvalue weighted by Crippen LogP contribution is 2.38. The molecule has 2 aromatic rings. The summed E-state index contributed by atoms with van der Waals surface area (Å²) >= 11 is 9.39. The van der Waals surface area contributed by atoms with Crippen LogP contribution in [0.5, 0.6) is 5.75 Å². The summed E-state index contributed by atoms with van der Waals surface area (Å²) in [7, 11) is 1.56. The van der Waals surface area contributed by atoms with E-state index in [1.54, 1.807) is 19.2 Å². The average molecular weight is 328 g/mol. The first-order valence-corrected chi connectivity index (χ1v) is 6.56. The Morgan fingerprint density at radius 2 is 1.89 bits per heavy atom. The van der Waals surface area contributed by atoms with Crippen LogP contribution in [0.2, 0.25) is 5.02 Å². The third kappa shape index (κ3) is 2.69. The molecule has 2 nitrogen and oxygen atoms in total. The van der Waals surface area contributed by atoms with Gasteiger partial charge in [0.05, 0.1) is 11.6 Å². The van der Waals surface area contributed by atoms with Gasteiger partial charge in [0, 0.05) is 10.6 Å². The molecule has 4 heteroatoms. The molecule has 18 heavy (non-hydrogen) atoms. The molecule has 0 amide bonds. The topological polar surface area (TPSA) is 29.5 Å². The van der Waals surface area contributed by atoms with E-state index in [1.165, 1.54) is 0 Å². The van der Waals surface area contributed by atoms with Crippen molar-refractivity contribution in [2.75, 3.05) is 7.11 Å². The highest BCUT2D eigenvalue weighted by atomic mass is 79.9. The predicted molar refractivity (Wildman–Crippen MR) is 76.2 cm³/mol. The summed E-state index contributed by atoms with van der Waals surface area (Å²) in [5, 5.41) is 10.9. The number of aliphatic hydroxyl groups excluding tert-OH is 1. The highest BCUT2D eigenvalue weighted by Gasteiger charge is 2.18. The second-order valence-corrected chi connectivity index (χ2v) is 5.11. The standard InChI is InChI=1S/C14H12BrClO2/c1-18-14-11(7-10(16)8-12(14)15)13(17)9-5-3-2-4-6-9/h2-8,13,17H,1H3. The van der Waals surface area contributed by atoms with E-state index in [1.807, 2.05) is 30.3 Å². The van der Waals surface area contributed by atoms with E-state index in [4.69, 9.17) is 16.3 Å². The predicted octanol–water partition coefficient (Wildman–Crippen LogP) is 4.19. The summed E-state index contributed by atoms with van der Waals surface area (Å²) in [6.45, 7) is 0. The van der Waals surface area contributed by atoms with Crippen LogP contribution >= 0.6 is 27.5 Å². The molecule has 0 aliphatic heterocycles. The van der Waals surface area contributed by atoms with Crippen molar-refractivity contribution >= 4 is 27.5 Å². The number of aliphatic hydroxyl groups is 1. The molecule has 0 saturated carbocycles. The van der Waals surface area contributed by atoms with Gasteiger partial charge < -0.3 is 9.84 Å². The normalized spacial score (nSPS) is 12.2. The minimum absolute atomic E-state index is 0.549. The SMILES string of the molecule is COc1c(Br)cc(Cl)cc1C(O)c1ccccc1.